The summed E-state index contributed by atoms with van der Waals surface area (Å²) in [4.78, 5) is 1.82. The molecule has 0 saturated heterocycles. The van der Waals surface area contributed by atoms with Crippen LogP contribution in [0.5, 0.6) is 0 Å². The van der Waals surface area contributed by atoms with Crippen molar-refractivity contribution in [3.63, 3.8) is 0 Å². The fourth-order valence-corrected chi connectivity index (χ4v) is 2.54. The maximum absolute atomic E-state index is 8.57. The van der Waals surface area contributed by atoms with Gasteiger partial charge in [-0.25, -0.2) is 0 Å². The smallest absolute Gasteiger partial charge is 0.135 e. The zero-order valence-corrected chi connectivity index (χ0v) is 16.1. The SMILES string of the molecule is CC1(C)N=Nc2cc(Cl)ccc2N(c2ccc(Cl)cc2)C1=N.Cl.Cl. The van der Waals surface area contributed by atoms with Gasteiger partial charge in [-0.05, 0) is 56.3 Å². The molecular formula is C16H16Cl4N4. The van der Waals surface area contributed by atoms with E-state index in [1.165, 1.54) is 0 Å². The van der Waals surface area contributed by atoms with Crippen LogP contribution in [0.25, 0.3) is 0 Å². The third-order valence-electron chi connectivity index (χ3n) is 3.47. The number of rotatable bonds is 1. The minimum absolute atomic E-state index is 0. The molecule has 0 spiro atoms. The van der Waals surface area contributed by atoms with Crippen molar-refractivity contribution in [1.82, 2.24) is 0 Å². The molecule has 128 valence electrons. The van der Waals surface area contributed by atoms with Crippen molar-refractivity contribution in [3.8, 4) is 0 Å². The maximum atomic E-state index is 8.57. The number of anilines is 2. The van der Waals surface area contributed by atoms with Crippen LogP contribution < -0.4 is 4.90 Å². The summed E-state index contributed by atoms with van der Waals surface area (Å²) >= 11 is 12.0. The molecule has 0 aromatic heterocycles. The zero-order chi connectivity index (χ0) is 15.9. The van der Waals surface area contributed by atoms with E-state index in [9.17, 15) is 0 Å². The van der Waals surface area contributed by atoms with Gasteiger partial charge in [-0.3, -0.25) is 10.3 Å². The lowest BCUT2D eigenvalue weighted by molar-refractivity contribution is 0.653. The van der Waals surface area contributed by atoms with Crippen LogP contribution in [0.2, 0.25) is 10.0 Å². The van der Waals surface area contributed by atoms with Gasteiger partial charge in [0.1, 0.15) is 17.1 Å². The van der Waals surface area contributed by atoms with Crippen molar-refractivity contribution < 1.29 is 0 Å². The van der Waals surface area contributed by atoms with Gasteiger partial charge in [0, 0.05) is 15.7 Å². The van der Waals surface area contributed by atoms with Gasteiger partial charge in [-0.15, -0.1) is 24.8 Å². The van der Waals surface area contributed by atoms with Crippen molar-refractivity contribution in [1.29, 1.82) is 5.41 Å². The third kappa shape index (κ3) is 3.83. The monoisotopic (exact) mass is 404 g/mol. The van der Waals surface area contributed by atoms with Crippen LogP contribution in [0, 0.1) is 5.41 Å². The molecule has 1 aliphatic heterocycles. The van der Waals surface area contributed by atoms with Crippen LogP contribution in [0.1, 0.15) is 13.8 Å². The van der Waals surface area contributed by atoms with E-state index in [0.717, 1.165) is 11.4 Å². The predicted molar refractivity (Wildman–Crippen MR) is 106 cm³/mol. The van der Waals surface area contributed by atoms with E-state index in [1.807, 2.05) is 36.9 Å². The van der Waals surface area contributed by atoms with Crippen LogP contribution in [0.3, 0.4) is 0 Å². The van der Waals surface area contributed by atoms with Gasteiger partial charge in [-0.2, -0.15) is 10.2 Å². The fraction of sp³-hybridized carbons (Fsp3) is 0.188. The Morgan fingerprint density at radius 1 is 0.958 bits per heavy atom. The molecule has 0 fully saturated rings. The standard InChI is InChI=1S/C16H14Cl2N4.2ClH/c1-16(2)15(19)22(12-6-3-10(17)4-7-12)14-8-5-11(18)9-13(14)20-21-16;;/h3-9,19H,1-2H3;2*1H. The highest BCUT2D eigenvalue weighted by molar-refractivity contribution is 6.31. The van der Waals surface area contributed by atoms with Gasteiger partial charge in [-0.1, -0.05) is 23.2 Å². The van der Waals surface area contributed by atoms with Crippen molar-refractivity contribution >= 4 is 70.9 Å². The summed E-state index contributed by atoms with van der Waals surface area (Å²) in [6.45, 7) is 3.71. The summed E-state index contributed by atoms with van der Waals surface area (Å²) in [6.07, 6.45) is 0. The summed E-state index contributed by atoms with van der Waals surface area (Å²) in [5, 5.41) is 18.4. The lowest BCUT2D eigenvalue weighted by Crippen LogP contribution is -2.40. The molecule has 4 nitrogen and oxygen atoms in total. The lowest BCUT2D eigenvalue weighted by atomic mass is 10.0. The molecule has 0 unspecified atom stereocenters. The average Bonchev–Trinajstić information content (AvgIpc) is 2.57. The second-order valence-corrected chi connectivity index (χ2v) is 6.43. The highest BCUT2D eigenvalue weighted by Crippen LogP contribution is 2.41. The number of azo groups is 1. The van der Waals surface area contributed by atoms with E-state index in [2.05, 4.69) is 10.2 Å². The largest absolute Gasteiger partial charge is 0.295 e. The van der Waals surface area contributed by atoms with Crippen molar-refractivity contribution in [2.45, 2.75) is 19.4 Å². The van der Waals surface area contributed by atoms with E-state index in [4.69, 9.17) is 28.6 Å². The Kier molecular flexibility index (Phi) is 6.65. The number of halogens is 4. The molecule has 0 bridgehead atoms. The number of hydrogen-bond donors (Lipinski definition) is 1. The van der Waals surface area contributed by atoms with Crippen LogP contribution >= 0.6 is 48.0 Å². The molecule has 3 rings (SSSR count). The Morgan fingerprint density at radius 3 is 2.17 bits per heavy atom. The molecule has 0 atom stereocenters. The minimum atomic E-state index is -0.745. The van der Waals surface area contributed by atoms with Crippen LogP contribution in [0.4, 0.5) is 17.1 Å². The summed E-state index contributed by atoms with van der Waals surface area (Å²) < 4.78 is 0. The molecule has 0 saturated carbocycles. The van der Waals surface area contributed by atoms with Crippen LogP contribution in [0.15, 0.2) is 52.7 Å². The summed E-state index contributed by atoms with van der Waals surface area (Å²) in [5.74, 6) is 0.333. The number of nitrogens with one attached hydrogen (secondary N) is 1. The Labute approximate surface area is 163 Å². The average molecular weight is 406 g/mol. The van der Waals surface area contributed by atoms with Crippen LogP contribution in [-0.4, -0.2) is 11.4 Å². The quantitative estimate of drug-likeness (QED) is 0.555. The van der Waals surface area contributed by atoms with Crippen LogP contribution in [-0.2, 0) is 0 Å². The van der Waals surface area contributed by atoms with E-state index in [0.29, 0.717) is 21.6 Å². The molecule has 2 aromatic carbocycles. The van der Waals surface area contributed by atoms with Gasteiger partial charge >= 0.3 is 0 Å². The van der Waals surface area contributed by atoms with Crippen molar-refractivity contribution in [3.05, 3.63) is 52.5 Å². The fourth-order valence-electron chi connectivity index (χ4n) is 2.24. The predicted octanol–water partition coefficient (Wildman–Crippen LogP) is 6.83. The highest BCUT2D eigenvalue weighted by atomic mass is 35.5. The first-order valence-corrected chi connectivity index (χ1v) is 7.51. The summed E-state index contributed by atoms with van der Waals surface area (Å²) in [6, 6.07) is 12.7. The minimum Gasteiger partial charge on any atom is -0.295 e. The highest BCUT2D eigenvalue weighted by Gasteiger charge is 2.33. The molecule has 1 N–H and O–H groups in total. The molecule has 24 heavy (non-hydrogen) atoms. The van der Waals surface area contributed by atoms with Crippen molar-refractivity contribution in [2.24, 2.45) is 10.2 Å². The number of hydrogen-bond acceptors (Lipinski definition) is 3. The summed E-state index contributed by atoms with van der Waals surface area (Å²) in [7, 11) is 0. The molecule has 0 amide bonds. The third-order valence-corrected chi connectivity index (χ3v) is 3.96. The topological polar surface area (TPSA) is 51.8 Å². The van der Waals surface area contributed by atoms with Gasteiger partial charge in [0.25, 0.3) is 0 Å². The number of nitrogens with zero attached hydrogens (tertiary/aromatic N) is 3. The first-order valence-electron chi connectivity index (χ1n) is 6.76. The Morgan fingerprint density at radius 2 is 1.54 bits per heavy atom. The number of amidine groups is 1. The molecule has 0 aliphatic carbocycles. The molecule has 0 radical (unpaired) electrons. The lowest BCUT2D eigenvalue weighted by Gasteiger charge is -2.30. The van der Waals surface area contributed by atoms with E-state index in [1.54, 1.807) is 24.3 Å². The maximum Gasteiger partial charge on any atom is 0.135 e. The Bertz CT molecular complexity index is 772. The van der Waals surface area contributed by atoms with Gasteiger partial charge in [0.2, 0.25) is 0 Å². The summed E-state index contributed by atoms with van der Waals surface area (Å²) in [5.41, 5.74) is 1.49. The van der Waals surface area contributed by atoms with Gasteiger partial charge in [0.15, 0.2) is 0 Å². The number of fused-ring (bicyclic) bond motifs is 1. The molecule has 1 aliphatic rings. The first-order chi connectivity index (χ1) is 10.4. The van der Waals surface area contributed by atoms with Crippen molar-refractivity contribution in [2.75, 3.05) is 4.90 Å². The van der Waals surface area contributed by atoms with E-state index >= 15 is 0 Å². The Hall–Kier alpha value is -1.33. The van der Waals surface area contributed by atoms with E-state index < -0.39 is 5.54 Å². The van der Waals surface area contributed by atoms with Gasteiger partial charge < -0.3 is 0 Å². The normalized spacial score (nSPS) is 15.0. The molecule has 1 heterocycles. The second-order valence-electron chi connectivity index (χ2n) is 5.55. The molecular weight excluding hydrogens is 390 g/mol. The Balaban J connectivity index is 0.00000144. The van der Waals surface area contributed by atoms with Gasteiger partial charge in [0.05, 0.1) is 5.69 Å². The number of benzene rings is 2. The van der Waals surface area contributed by atoms with E-state index in [-0.39, 0.29) is 24.8 Å². The second kappa shape index (κ2) is 7.70. The first kappa shape index (κ1) is 20.7. The zero-order valence-electron chi connectivity index (χ0n) is 13.0. The molecule has 8 heteroatoms. The molecule has 2 aromatic rings.